The van der Waals surface area contributed by atoms with Crippen molar-refractivity contribution in [2.75, 3.05) is 46.1 Å². The molecular formula is C20H29N3O4. The minimum atomic E-state index is -0.970. The second kappa shape index (κ2) is 7.40. The van der Waals surface area contributed by atoms with E-state index < -0.39 is 10.8 Å². The minimum absolute atomic E-state index is 0.0961. The zero-order chi connectivity index (χ0) is 18.9. The number of nitrogens with zero attached hydrogens (tertiary/aromatic N) is 3. The molecule has 0 aromatic heterocycles. The van der Waals surface area contributed by atoms with Gasteiger partial charge >= 0.3 is 0 Å². The third kappa shape index (κ3) is 3.23. The van der Waals surface area contributed by atoms with E-state index in [2.05, 4.69) is 11.0 Å². The van der Waals surface area contributed by atoms with E-state index in [0.717, 1.165) is 51.9 Å². The van der Waals surface area contributed by atoms with Gasteiger partial charge in [0.15, 0.2) is 0 Å². The summed E-state index contributed by atoms with van der Waals surface area (Å²) in [5.41, 5.74) is -1.42. The van der Waals surface area contributed by atoms with E-state index in [9.17, 15) is 14.9 Å². The summed E-state index contributed by atoms with van der Waals surface area (Å²) in [6.07, 6.45) is 5.27. The number of amides is 2. The van der Waals surface area contributed by atoms with Gasteiger partial charge in [-0.25, -0.2) is 0 Å². The number of ether oxygens (including phenoxy) is 2. The SMILES string of the molecule is N#CC1(C(=O)N2CCC3(CCCN(C4CCOCC4)C3=O)C2)CCOCC1. The fraction of sp³-hybridized carbons (Fsp3) is 0.850. The van der Waals surface area contributed by atoms with Crippen LogP contribution in [0.5, 0.6) is 0 Å². The molecule has 0 bridgehead atoms. The Labute approximate surface area is 160 Å². The normalized spacial score (nSPS) is 31.9. The molecule has 4 rings (SSSR count). The molecule has 0 N–H and O–H groups in total. The fourth-order valence-corrected chi connectivity index (χ4v) is 5.27. The second-order valence-corrected chi connectivity index (χ2v) is 8.51. The van der Waals surface area contributed by atoms with Crippen LogP contribution in [0.2, 0.25) is 0 Å². The molecule has 4 aliphatic rings. The topological polar surface area (TPSA) is 82.9 Å². The second-order valence-electron chi connectivity index (χ2n) is 8.51. The first-order chi connectivity index (χ1) is 13.1. The molecule has 4 saturated heterocycles. The van der Waals surface area contributed by atoms with E-state index >= 15 is 0 Å². The lowest BCUT2D eigenvalue weighted by Crippen LogP contribution is -2.55. The summed E-state index contributed by atoms with van der Waals surface area (Å²) in [4.78, 5) is 30.4. The van der Waals surface area contributed by atoms with E-state index in [1.54, 1.807) is 4.90 Å². The standard InChI is InChI=1S/C20H29N3O4/c21-14-19(6-12-27-13-7-19)17(24)22-9-5-20(15-22)4-1-8-23(18(20)25)16-2-10-26-11-3-16/h16H,1-13,15H2. The number of carbonyl (C=O) groups is 2. The summed E-state index contributed by atoms with van der Waals surface area (Å²) >= 11 is 0. The van der Waals surface area contributed by atoms with Crippen molar-refractivity contribution in [3.05, 3.63) is 0 Å². The van der Waals surface area contributed by atoms with Crippen LogP contribution in [0, 0.1) is 22.2 Å². The van der Waals surface area contributed by atoms with Gasteiger partial charge < -0.3 is 19.3 Å². The Morgan fingerprint density at radius 1 is 1.04 bits per heavy atom. The molecule has 0 radical (unpaired) electrons. The lowest BCUT2D eigenvalue weighted by atomic mass is 9.77. The van der Waals surface area contributed by atoms with E-state index in [0.29, 0.717) is 39.1 Å². The van der Waals surface area contributed by atoms with Crippen LogP contribution in [0.15, 0.2) is 0 Å². The van der Waals surface area contributed by atoms with Gasteiger partial charge in [0, 0.05) is 52.1 Å². The highest BCUT2D eigenvalue weighted by atomic mass is 16.5. The zero-order valence-corrected chi connectivity index (χ0v) is 16.0. The molecule has 7 heteroatoms. The highest BCUT2D eigenvalue weighted by Crippen LogP contribution is 2.43. The van der Waals surface area contributed by atoms with Crippen molar-refractivity contribution in [3.63, 3.8) is 0 Å². The quantitative estimate of drug-likeness (QED) is 0.727. The minimum Gasteiger partial charge on any atom is -0.381 e. The molecule has 1 spiro atoms. The van der Waals surface area contributed by atoms with Crippen molar-refractivity contribution in [1.29, 1.82) is 5.26 Å². The third-order valence-corrected chi connectivity index (χ3v) is 7.01. The molecule has 2 amide bonds. The van der Waals surface area contributed by atoms with Crippen LogP contribution in [0.4, 0.5) is 0 Å². The first-order valence-electron chi connectivity index (χ1n) is 10.3. The number of piperidine rings is 1. The number of hydrogen-bond acceptors (Lipinski definition) is 5. The highest BCUT2D eigenvalue weighted by Gasteiger charge is 2.53. The van der Waals surface area contributed by atoms with E-state index in [4.69, 9.17) is 9.47 Å². The smallest absolute Gasteiger partial charge is 0.243 e. The molecule has 0 aromatic carbocycles. The Morgan fingerprint density at radius 3 is 2.44 bits per heavy atom. The fourth-order valence-electron chi connectivity index (χ4n) is 5.27. The predicted molar refractivity (Wildman–Crippen MR) is 96.5 cm³/mol. The maximum atomic E-state index is 13.4. The van der Waals surface area contributed by atoms with Gasteiger partial charge in [0.25, 0.3) is 0 Å². The third-order valence-electron chi connectivity index (χ3n) is 7.01. The van der Waals surface area contributed by atoms with Crippen LogP contribution in [-0.2, 0) is 19.1 Å². The molecule has 0 saturated carbocycles. The molecular weight excluding hydrogens is 346 g/mol. The Hall–Kier alpha value is -1.65. The summed E-state index contributed by atoms with van der Waals surface area (Å²) in [5.74, 6) is 0.120. The Morgan fingerprint density at radius 2 is 1.74 bits per heavy atom. The molecule has 0 aromatic rings. The number of hydrogen-bond donors (Lipinski definition) is 0. The lowest BCUT2D eigenvalue weighted by Gasteiger charge is -2.44. The van der Waals surface area contributed by atoms with Crippen molar-refractivity contribution in [2.45, 2.75) is 51.0 Å². The van der Waals surface area contributed by atoms with Gasteiger partial charge in [-0.15, -0.1) is 0 Å². The van der Waals surface area contributed by atoms with Gasteiger partial charge in [0.2, 0.25) is 11.8 Å². The van der Waals surface area contributed by atoms with Gasteiger partial charge in [-0.05, 0) is 44.9 Å². The van der Waals surface area contributed by atoms with Crippen LogP contribution < -0.4 is 0 Å². The van der Waals surface area contributed by atoms with E-state index in [1.807, 2.05) is 0 Å². The molecule has 148 valence electrons. The number of likely N-dealkylation sites (tertiary alicyclic amines) is 2. The summed E-state index contributed by atoms with van der Waals surface area (Å²) in [7, 11) is 0. The van der Waals surface area contributed by atoms with Crippen LogP contribution >= 0.6 is 0 Å². The van der Waals surface area contributed by atoms with E-state index in [-0.39, 0.29) is 17.9 Å². The first kappa shape index (κ1) is 18.7. The number of rotatable bonds is 2. The van der Waals surface area contributed by atoms with Crippen LogP contribution in [0.1, 0.15) is 44.9 Å². The number of nitriles is 1. The molecule has 27 heavy (non-hydrogen) atoms. The summed E-state index contributed by atoms with van der Waals surface area (Å²) in [6.45, 7) is 4.21. The van der Waals surface area contributed by atoms with Crippen molar-refractivity contribution >= 4 is 11.8 Å². The largest absolute Gasteiger partial charge is 0.381 e. The monoisotopic (exact) mass is 375 g/mol. The zero-order valence-electron chi connectivity index (χ0n) is 16.0. The average molecular weight is 375 g/mol. The van der Waals surface area contributed by atoms with Crippen molar-refractivity contribution in [2.24, 2.45) is 10.8 Å². The Kier molecular flexibility index (Phi) is 5.13. The molecule has 4 aliphatic heterocycles. The molecule has 1 unspecified atom stereocenters. The van der Waals surface area contributed by atoms with Gasteiger partial charge in [-0.1, -0.05) is 0 Å². The maximum absolute atomic E-state index is 13.4. The van der Waals surface area contributed by atoms with Crippen LogP contribution in [0.25, 0.3) is 0 Å². The Bertz CT molecular complexity index is 634. The van der Waals surface area contributed by atoms with Gasteiger partial charge in [-0.3, -0.25) is 9.59 Å². The first-order valence-corrected chi connectivity index (χ1v) is 10.3. The predicted octanol–water partition coefficient (Wildman–Crippen LogP) is 1.33. The average Bonchev–Trinajstić information content (AvgIpc) is 3.15. The summed E-state index contributed by atoms with van der Waals surface area (Å²) in [5, 5.41) is 9.70. The van der Waals surface area contributed by atoms with Crippen molar-refractivity contribution in [1.82, 2.24) is 9.80 Å². The van der Waals surface area contributed by atoms with E-state index in [1.165, 1.54) is 0 Å². The summed E-state index contributed by atoms with van der Waals surface area (Å²) in [6, 6.07) is 2.55. The van der Waals surface area contributed by atoms with Gasteiger partial charge in [-0.2, -0.15) is 5.26 Å². The van der Waals surface area contributed by atoms with Crippen molar-refractivity contribution < 1.29 is 19.1 Å². The van der Waals surface area contributed by atoms with Gasteiger partial charge in [0.05, 0.1) is 11.5 Å². The molecule has 4 fully saturated rings. The molecule has 1 atom stereocenters. The molecule has 4 heterocycles. The Balaban J connectivity index is 1.48. The van der Waals surface area contributed by atoms with Gasteiger partial charge in [0.1, 0.15) is 5.41 Å². The maximum Gasteiger partial charge on any atom is 0.243 e. The summed E-state index contributed by atoms with van der Waals surface area (Å²) < 4.78 is 10.8. The van der Waals surface area contributed by atoms with Crippen LogP contribution in [-0.4, -0.2) is 73.7 Å². The molecule has 7 nitrogen and oxygen atoms in total. The highest BCUT2D eigenvalue weighted by molar-refractivity contribution is 5.89. The molecule has 0 aliphatic carbocycles. The lowest BCUT2D eigenvalue weighted by molar-refractivity contribution is -0.151. The van der Waals surface area contributed by atoms with Crippen molar-refractivity contribution in [3.8, 4) is 6.07 Å². The number of carbonyl (C=O) groups excluding carboxylic acids is 2. The van der Waals surface area contributed by atoms with Crippen LogP contribution in [0.3, 0.4) is 0 Å².